The molecular weight excluding hydrogens is 372 g/mol. The number of hydrogen-bond acceptors (Lipinski definition) is 6. The van der Waals surface area contributed by atoms with Crippen LogP contribution in [0.25, 0.3) is 15.3 Å². The van der Waals surface area contributed by atoms with Crippen molar-refractivity contribution in [2.24, 2.45) is 0 Å². The molecule has 0 aliphatic carbocycles. The zero-order valence-corrected chi connectivity index (χ0v) is 15.3. The lowest BCUT2D eigenvalue weighted by Gasteiger charge is -2.07. The van der Waals surface area contributed by atoms with Crippen LogP contribution in [0.2, 0.25) is 0 Å². The van der Waals surface area contributed by atoms with Gasteiger partial charge in [-0.25, -0.2) is 9.78 Å². The number of aromatic nitrogens is 2. The average Bonchev–Trinajstić information content (AvgIpc) is 3.28. The zero-order chi connectivity index (χ0) is 18.1. The molecule has 4 rings (SSSR count). The van der Waals surface area contributed by atoms with Gasteiger partial charge in [-0.05, 0) is 37.3 Å². The predicted molar refractivity (Wildman–Crippen MR) is 103 cm³/mol. The smallest absolute Gasteiger partial charge is 0.411 e. The van der Waals surface area contributed by atoms with Crippen molar-refractivity contribution in [2.45, 2.75) is 6.92 Å². The molecular formula is C17H14N4O3S2. The second-order valence-electron chi connectivity index (χ2n) is 5.35. The molecule has 26 heavy (non-hydrogen) atoms. The third-order valence-electron chi connectivity index (χ3n) is 3.63. The molecule has 2 N–H and O–H groups in total. The molecule has 0 fully saturated rings. The van der Waals surface area contributed by atoms with E-state index in [1.165, 1.54) is 11.3 Å². The zero-order valence-electron chi connectivity index (χ0n) is 13.7. The number of benzene rings is 1. The Hall–Kier alpha value is -2.91. The fourth-order valence-electron chi connectivity index (χ4n) is 2.47. The van der Waals surface area contributed by atoms with Gasteiger partial charge in [-0.1, -0.05) is 0 Å². The molecule has 4 aromatic rings. The van der Waals surface area contributed by atoms with Gasteiger partial charge in [0, 0.05) is 23.0 Å². The number of rotatable bonds is 4. The summed E-state index contributed by atoms with van der Waals surface area (Å²) in [5.74, 6) is -0.192. The third kappa shape index (κ3) is 3.14. The summed E-state index contributed by atoms with van der Waals surface area (Å²) in [7, 11) is 0. The molecule has 0 radical (unpaired) electrons. The summed E-state index contributed by atoms with van der Waals surface area (Å²) in [4.78, 5) is 30.7. The summed E-state index contributed by atoms with van der Waals surface area (Å²) >= 11 is 2.92. The summed E-state index contributed by atoms with van der Waals surface area (Å²) in [6, 6.07) is 8.68. The second kappa shape index (κ2) is 6.77. The molecule has 9 heteroatoms. The van der Waals surface area contributed by atoms with Gasteiger partial charge in [0.2, 0.25) is 0 Å². The van der Waals surface area contributed by atoms with E-state index in [1.54, 1.807) is 42.5 Å². The van der Waals surface area contributed by atoms with Gasteiger partial charge in [0.15, 0.2) is 4.96 Å². The minimum Gasteiger partial charge on any atom is -0.450 e. The highest BCUT2D eigenvalue weighted by molar-refractivity contribution is 7.21. The molecule has 0 spiro atoms. The third-order valence-corrected chi connectivity index (χ3v) is 5.40. The summed E-state index contributed by atoms with van der Waals surface area (Å²) in [6.07, 6.45) is 1.44. The minimum atomic E-state index is -0.508. The van der Waals surface area contributed by atoms with E-state index in [2.05, 4.69) is 15.6 Å². The number of hydrogen-bond donors (Lipinski definition) is 2. The van der Waals surface area contributed by atoms with Gasteiger partial charge in [-0.15, -0.1) is 22.7 Å². The molecule has 3 aromatic heterocycles. The normalized spacial score (nSPS) is 11.0. The van der Waals surface area contributed by atoms with Gasteiger partial charge in [0.25, 0.3) is 5.91 Å². The Morgan fingerprint density at radius 2 is 1.92 bits per heavy atom. The molecule has 1 aromatic carbocycles. The first-order valence-electron chi connectivity index (χ1n) is 7.84. The van der Waals surface area contributed by atoms with Crippen LogP contribution in [-0.4, -0.2) is 28.0 Å². The summed E-state index contributed by atoms with van der Waals surface area (Å²) < 4.78 is 6.79. The van der Waals surface area contributed by atoms with E-state index in [4.69, 9.17) is 4.74 Å². The SMILES string of the molecule is CCOC(=O)Nc1ccc(NC(=O)c2cc3c(nc4sccn43)s2)cc1. The van der Waals surface area contributed by atoms with Gasteiger partial charge < -0.3 is 10.1 Å². The number of thiazole rings is 1. The molecule has 7 nitrogen and oxygen atoms in total. The van der Waals surface area contributed by atoms with Crippen LogP contribution >= 0.6 is 22.7 Å². The van der Waals surface area contributed by atoms with Crippen LogP contribution in [0.1, 0.15) is 16.6 Å². The first-order chi connectivity index (χ1) is 12.6. The monoisotopic (exact) mass is 386 g/mol. The van der Waals surface area contributed by atoms with Gasteiger partial charge >= 0.3 is 6.09 Å². The van der Waals surface area contributed by atoms with Crippen molar-refractivity contribution in [1.82, 2.24) is 9.38 Å². The van der Waals surface area contributed by atoms with Crippen LogP contribution < -0.4 is 10.6 Å². The first-order valence-corrected chi connectivity index (χ1v) is 9.54. The molecule has 0 atom stereocenters. The van der Waals surface area contributed by atoms with Crippen molar-refractivity contribution in [3.8, 4) is 0 Å². The Balaban J connectivity index is 1.47. The highest BCUT2D eigenvalue weighted by Gasteiger charge is 2.15. The highest BCUT2D eigenvalue weighted by Crippen LogP contribution is 2.28. The minimum absolute atomic E-state index is 0.192. The number of amides is 2. The van der Waals surface area contributed by atoms with Crippen LogP contribution in [-0.2, 0) is 4.74 Å². The second-order valence-corrected chi connectivity index (χ2v) is 7.25. The maximum Gasteiger partial charge on any atom is 0.411 e. The molecule has 0 saturated carbocycles. The number of ether oxygens (including phenoxy) is 1. The number of thiophene rings is 1. The summed E-state index contributed by atoms with van der Waals surface area (Å²) in [6.45, 7) is 2.05. The highest BCUT2D eigenvalue weighted by atomic mass is 32.1. The van der Waals surface area contributed by atoms with Crippen LogP contribution in [0.15, 0.2) is 41.9 Å². The quantitative estimate of drug-likeness (QED) is 0.543. The fraction of sp³-hybridized carbons (Fsp3) is 0.118. The van der Waals surface area contributed by atoms with E-state index in [9.17, 15) is 9.59 Å². The van der Waals surface area contributed by atoms with Gasteiger partial charge in [0.1, 0.15) is 4.83 Å². The van der Waals surface area contributed by atoms with E-state index in [0.717, 1.165) is 15.3 Å². The van der Waals surface area contributed by atoms with Gasteiger partial charge in [-0.2, -0.15) is 0 Å². The standard InChI is InChI=1S/C17H14N4O3S2/c1-2-24-17(23)19-11-5-3-10(4-6-11)18-14(22)13-9-12-15(26-13)20-16-21(12)7-8-25-16/h3-9H,2H2,1H3,(H,18,22)(H,19,23). The summed E-state index contributed by atoms with van der Waals surface area (Å²) in [5.41, 5.74) is 2.17. The van der Waals surface area contributed by atoms with Crippen LogP contribution in [0, 0.1) is 0 Å². The Labute approximate surface area is 156 Å². The van der Waals surface area contributed by atoms with E-state index < -0.39 is 6.09 Å². The van der Waals surface area contributed by atoms with Crippen LogP contribution in [0.3, 0.4) is 0 Å². The number of carbonyl (C=O) groups is 2. The maximum atomic E-state index is 12.5. The number of fused-ring (bicyclic) bond motifs is 3. The van der Waals surface area contributed by atoms with Crippen molar-refractivity contribution < 1.29 is 14.3 Å². The lowest BCUT2D eigenvalue weighted by atomic mass is 10.2. The molecule has 0 bridgehead atoms. The van der Waals surface area contributed by atoms with Crippen LogP contribution in [0.5, 0.6) is 0 Å². The van der Waals surface area contributed by atoms with E-state index >= 15 is 0 Å². The van der Waals surface area contributed by atoms with Crippen molar-refractivity contribution in [2.75, 3.05) is 17.2 Å². The van der Waals surface area contributed by atoms with Gasteiger partial charge in [0.05, 0.1) is 17.0 Å². The molecule has 0 saturated heterocycles. The largest absolute Gasteiger partial charge is 0.450 e. The number of nitrogens with zero attached hydrogens (tertiary/aromatic N) is 2. The average molecular weight is 386 g/mol. The molecule has 132 valence electrons. The van der Waals surface area contributed by atoms with E-state index in [0.29, 0.717) is 22.9 Å². The van der Waals surface area contributed by atoms with E-state index in [-0.39, 0.29) is 5.91 Å². The fourth-order valence-corrected chi connectivity index (χ4v) is 4.17. The Bertz CT molecular complexity index is 1090. The molecule has 0 unspecified atom stereocenters. The molecule has 3 heterocycles. The predicted octanol–water partition coefficient (Wildman–Crippen LogP) is 4.43. The molecule has 0 aliphatic heterocycles. The number of carbonyl (C=O) groups excluding carboxylic acids is 2. The van der Waals surface area contributed by atoms with Crippen molar-refractivity contribution in [3.63, 3.8) is 0 Å². The number of imidazole rings is 1. The molecule has 0 aliphatic rings. The lowest BCUT2D eigenvalue weighted by Crippen LogP contribution is -2.13. The van der Waals surface area contributed by atoms with Crippen LogP contribution in [0.4, 0.5) is 16.2 Å². The van der Waals surface area contributed by atoms with Crippen molar-refractivity contribution in [1.29, 1.82) is 0 Å². The lowest BCUT2D eigenvalue weighted by molar-refractivity contribution is 0.103. The maximum absolute atomic E-state index is 12.5. The number of anilines is 2. The Morgan fingerprint density at radius 1 is 1.19 bits per heavy atom. The topological polar surface area (TPSA) is 84.7 Å². The summed E-state index contributed by atoms with van der Waals surface area (Å²) in [5, 5.41) is 7.41. The van der Waals surface area contributed by atoms with Crippen molar-refractivity contribution >= 4 is 61.4 Å². The molecule has 2 amide bonds. The first kappa shape index (κ1) is 16.6. The Morgan fingerprint density at radius 3 is 2.65 bits per heavy atom. The number of nitrogens with one attached hydrogen (secondary N) is 2. The van der Waals surface area contributed by atoms with E-state index in [1.807, 2.05) is 22.0 Å². The Kier molecular flexibility index (Phi) is 4.31. The van der Waals surface area contributed by atoms with Crippen molar-refractivity contribution in [3.05, 3.63) is 46.8 Å². The van der Waals surface area contributed by atoms with Gasteiger partial charge in [-0.3, -0.25) is 14.5 Å².